The van der Waals surface area contributed by atoms with Crippen LogP contribution in [0, 0.1) is 0 Å². The van der Waals surface area contributed by atoms with Gasteiger partial charge in [-0.25, -0.2) is 4.79 Å². The third-order valence-electron chi connectivity index (χ3n) is 3.63. The number of hydrogen-bond acceptors (Lipinski definition) is 5. The van der Waals surface area contributed by atoms with E-state index in [-0.39, 0.29) is 11.6 Å². The predicted octanol–water partition coefficient (Wildman–Crippen LogP) is 2.76. The maximum absolute atomic E-state index is 12.3. The first kappa shape index (κ1) is 16.5. The van der Waals surface area contributed by atoms with Crippen molar-refractivity contribution in [3.8, 4) is 5.75 Å². The normalized spacial score (nSPS) is 11.8. The molecule has 0 bridgehead atoms. The average molecular weight is 339 g/mol. The highest BCUT2D eigenvalue weighted by Crippen LogP contribution is 2.21. The van der Waals surface area contributed by atoms with Crippen LogP contribution in [-0.4, -0.2) is 35.3 Å². The number of methoxy groups -OCH3 is 1. The maximum atomic E-state index is 12.3. The number of amides is 1. The number of fused-ring (bicyclic) bond motifs is 1. The van der Waals surface area contributed by atoms with Gasteiger partial charge in [0.05, 0.1) is 12.6 Å². The minimum atomic E-state index is -0.678. The van der Waals surface area contributed by atoms with Gasteiger partial charge in [0.2, 0.25) is 0 Å². The smallest absolute Gasteiger partial charge is 0.359 e. The van der Waals surface area contributed by atoms with Crippen LogP contribution < -0.4 is 10.1 Å². The molecule has 0 aliphatic rings. The van der Waals surface area contributed by atoms with Crippen LogP contribution in [-0.2, 0) is 9.53 Å². The minimum absolute atomic E-state index is 0.169. The van der Waals surface area contributed by atoms with E-state index >= 15 is 0 Å². The van der Waals surface area contributed by atoms with Gasteiger partial charge in [-0.2, -0.15) is 5.10 Å². The summed E-state index contributed by atoms with van der Waals surface area (Å²) in [6.07, 6.45) is -0.678. The second-order valence-corrected chi connectivity index (χ2v) is 5.39. The third kappa shape index (κ3) is 3.60. The Hall–Kier alpha value is -3.35. The van der Waals surface area contributed by atoms with E-state index in [0.29, 0.717) is 22.3 Å². The lowest BCUT2D eigenvalue weighted by molar-refractivity contribution is -0.122. The molecule has 7 heteroatoms. The van der Waals surface area contributed by atoms with Crippen molar-refractivity contribution in [2.24, 2.45) is 0 Å². The monoisotopic (exact) mass is 339 g/mol. The van der Waals surface area contributed by atoms with Gasteiger partial charge >= 0.3 is 5.97 Å². The second kappa shape index (κ2) is 7.04. The van der Waals surface area contributed by atoms with Crippen LogP contribution in [0.1, 0.15) is 17.4 Å². The molecule has 2 aromatic carbocycles. The van der Waals surface area contributed by atoms with Crippen molar-refractivity contribution >= 4 is 28.5 Å². The quantitative estimate of drug-likeness (QED) is 0.697. The zero-order valence-electron chi connectivity index (χ0n) is 13.8. The molecular formula is C18H17N3O4. The number of esters is 1. The second-order valence-electron chi connectivity index (χ2n) is 5.39. The first-order valence-corrected chi connectivity index (χ1v) is 7.67. The molecule has 0 radical (unpaired) electrons. The van der Waals surface area contributed by atoms with Crippen LogP contribution in [0.2, 0.25) is 0 Å². The Morgan fingerprint density at radius 1 is 1.16 bits per heavy atom. The molecule has 1 atom stereocenters. The maximum Gasteiger partial charge on any atom is 0.359 e. The number of H-pyrrole nitrogens is 1. The van der Waals surface area contributed by atoms with E-state index in [1.54, 1.807) is 37.3 Å². The van der Waals surface area contributed by atoms with Crippen molar-refractivity contribution in [2.75, 3.05) is 12.4 Å². The molecule has 1 heterocycles. The number of para-hydroxylation sites is 1. The number of anilines is 1. The number of carbonyl (C=O) groups is 2. The Labute approximate surface area is 143 Å². The van der Waals surface area contributed by atoms with Crippen LogP contribution in [0.5, 0.6) is 5.75 Å². The molecule has 3 aromatic rings. The number of nitrogens with one attached hydrogen (secondary N) is 2. The molecule has 0 unspecified atom stereocenters. The summed E-state index contributed by atoms with van der Waals surface area (Å²) in [5, 5.41) is 10.0. The Morgan fingerprint density at radius 3 is 2.64 bits per heavy atom. The molecule has 7 nitrogen and oxygen atoms in total. The summed E-state index contributed by atoms with van der Waals surface area (Å²) in [7, 11) is 1.29. The summed E-state index contributed by atoms with van der Waals surface area (Å²) in [6.45, 7) is 1.67. The number of rotatable bonds is 5. The fourth-order valence-corrected chi connectivity index (χ4v) is 2.34. The number of aromatic nitrogens is 2. The topological polar surface area (TPSA) is 93.3 Å². The largest absolute Gasteiger partial charge is 0.481 e. The number of ether oxygens (including phenoxy) is 2. The summed E-state index contributed by atoms with van der Waals surface area (Å²) < 4.78 is 10.3. The minimum Gasteiger partial charge on any atom is -0.481 e. The van der Waals surface area contributed by atoms with Crippen LogP contribution in [0.4, 0.5) is 5.69 Å². The van der Waals surface area contributed by atoms with Gasteiger partial charge in [-0.05, 0) is 37.3 Å². The van der Waals surface area contributed by atoms with Crippen molar-refractivity contribution < 1.29 is 19.1 Å². The van der Waals surface area contributed by atoms with E-state index in [2.05, 4.69) is 15.5 Å². The molecule has 25 heavy (non-hydrogen) atoms. The van der Waals surface area contributed by atoms with Gasteiger partial charge in [-0.15, -0.1) is 0 Å². The lowest BCUT2D eigenvalue weighted by Gasteiger charge is -2.14. The molecule has 128 valence electrons. The zero-order valence-corrected chi connectivity index (χ0v) is 13.8. The van der Waals surface area contributed by atoms with Crippen molar-refractivity contribution in [1.82, 2.24) is 10.2 Å². The van der Waals surface area contributed by atoms with Gasteiger partial charge in [0.15, 0.2) is 11.8 Å². The average Bonchev–Trinajstić information content (AvgIpc) is 3.05. The van der Waals surface area contributed by atoms with Crippen molar-refractivity contribution in [3.05, 3.63) is 54.2 Å². The van der Waals surface area contributed by atoms with Crippen molar-refractivity contribution in [3.63, 3.8) is 0 Å². The number of hydrogen-bond donors (Lipinski definition) is 2. The van der Waals surface area contributed by atoms with Crippen molar-refractivity contribution in [1.29, 1.82) is 0 Å². The van der Waals surface area contributed by atoms with Gasteiger partial charge in [0, 0.05) is 11.1 Å². The molecular weight excluding hydrogens is 322 g/mol. The highest BCUT2D eigenvalue weighted by Gasteiger charge is 2.17. The van der Waals surface area contributed by atoms with Gasteiger partial charge in [0.25, 0.3) is 5.91 Å². The van der Waals surface area contributed by atoms with Gasteiger partial charge < -0.3 is 14.8 Å². The van der Waals surface area contributed by atoms with Gasteiger partial charge in [0.1, 0.15) is 5.75 Å². The van der Waals surface area contributed by atoms with E-state index in [9.17, 15) is 9.59 Å². The van der Waals surface area contributed by atoms with E-state index in [4.69, 9.17) is 9.47 Å². The summed E-state index contributed by atoms with van der Waals surface area (Å²) >= 11 is 0. The number of benzene rings is 2. The van der Waals surface area contributed by atoms with E-state index in [0.717, 1.165) is 0 Å². The van der Waals surface area contributed by atoms with Crippen LogP contribution in [0.15, 0.2) is 48.5 Å². The first-order valence-electron chi connectivity index (χ1n) is 7.67. The highest BCUT2D eigenvalue weighted by molar-refractivity contribution is 6.04. The Balaban J connectivity index is 1.75. The predicted molar refractivity (Wildman–Crippen MR) is 92.6 cm³/mol. The Morgan fingerprint density at radius 2 is 1.92 bits per heavy atom. The van der Waals surface area contributed by atoms with E-state index in [1.165, 1.54) is 7.11 Å². The number of aromatic amines is 1. The van der Waals surface area contributed by atoms with Gasteiger partial charge in [-0.3, -0.25) is 9.89 Å². The fraction of sp³-hybridized carbons (Fsp3) is 0.167. The summed E-state index contributed by atoms with van der Waals surface area (Å²) in [4.78, 5) is 24.0. The standard InChI is InChI=1S/C18H17N3O4/c1-11(25-13-6-4-3-5-7-13)17(22)19-12-8-9-15-14(10-12)16(21-20-15)18(23)24-2/h3-11H,1-2H3,(H,19,22)(H,20,21)/t11-/m0/s1. The molecule has 0 aliphatic heterocycles. The van der Waals surface area contributed by atoms with E-state index < -0.39 is 12.1 Å². The molecule has 0 fully saturated rings. The highest BCUT2D eigenvalue weighted by atomic mass is 16.5. The SMILES string of the molecule is COC(=O)c1n[nH]c2ccc(NC(=O)[C@H](C)Oc3ccccc3)cc12. The summed E-state index contributed by atoms with van der Waals surface area (Å²) in [5.41, 5.74) is 1.38. The van der Waals surface area contributed by atoms with Crippen LogP contribution in [0.25, 0.3) is 10.9 Å². The van der Waals surface area contributed by atoms with Crippen molar-refractivity contribution in [2.45, 2.75) is 13.0 Å². The third-order valence-corrected chi connectivity index (χ3v) is 3.63. The number of carbonyl (C=O) groups excluding carboxylic acids is 2. The zero-order chi connectivity index (χ0) is 17.8. The molecule has 0 saturated carbocycles. The summed E-state index contributed by atoms with van der Waals surface area (Å²) in [6, 6.07) is 14.2. The van der Waals surface area contributed by atoms with Crippen LogP contribution >= 0.6 is 0 Å². The summed E-state index contributed by atoms with van der Waals surface area (Å²) in [5.74, 6) is -0.231. The lowest BCUT2D eigenvalue weighted by atomic mass is 10.2. The fourth-order valence-electron chi connectivity index (χ4n) is 2.34. The molecule has 0 spiro atoms. The van der Waals surface area contributed by atoms with Crippen LogP contribution in [0.3, 0.4) is 0 Å². The first-order chi connectivity index (χ1) is 12.1. The molecule has 0 aliphatic carbocycles. The molecule has 2 N–H and O–H groups in total. The van der Waals surface area contributed by atoms with E-state index in [1.807, 2.05) is 18.2 Å². The Kier molecular flexibility index (Phi) is 4.65. The lowest BCUT2D eigenvalue weighted by Crippen LogP contribution is -2.30. The molecule has 0 saturated heterocycles. The van der Waals surface area contributed by atoms with Gasteiger partial charge in [-0.1, -0.05) is 18.2 Å². The molecule has 1 amide bonds. The number of nitrogens with zero attached hydrogens (tertiary/aromatic N) is 1. The Bertz CT molecular complexity index is 905. The molecule has 3 rings (SSSR count). The molecule has 1 aromatic heterocycles.